The summed E-state index contributed by atoms with van der Waals surface area (Å²) in [6, 6.07) is 11.8. The maximum absolute atomic E-state index is 11.3. The van der Waals surface area contributed by atoms with E-state index in [-0.39, 0.29) is 0 Å². The van der Waals surface area contributed by atoms with Crippen LogP contribution in [0.2, 0.25) is 0 Å². The summed E-state index contributed by atoms with van der Waals surface area (Å²) in [6.45, 7) is 2.04. The Bertz CT molecular complexity index is 678. The highest BCUT2D eigenvalue weighted by molar-refractivity contribution is 5.53. The van der Waals surface area contributed by atoms with Crippen LogP contribution >= 0.6 is 0 Å². The molecule has 1 aliphatic carbocycles. The molecule has 1 aliphatic rings. The summed E-state index contributed by atoms with van der Waals surface area (Å²) in [5.41, 5.74) is 3.09. The lowest BCUT2D eigenvalue weighted by atomic mass is 9.86. The number of benzene rings is 2. The fourth-order valence-corrected chi connectivity index (χ4v) is 3.16. The van der Waals surface area contributed by atoms with E-state index in [1.54, 1.807) is 14.2 Å². The van der Waals surface area contributed by atoms with Gasteiger partial charge in [0.25, 0.3) is 0 Å². The van der Waals surface area contributed by atoms with Crippen LogP contribution in [-0.2, 0) is 12.0 Å². The summed E-state index contributed by atoms with van der Waals surface area (Å²) in [4.78, 5) is 0. The van der Waals surface area contributed by atoms with Crippen molar-refractivity contribution in [3.63, 3.8) is 0 Å². The monoisotopic (exact) mass is 284 g/mol. The molecule has 0 fully saturated rings. The quantitative estimate of drug-likeness (QED) is 0.940. The summed E-state index contributed by atoms with van der Waals surface area (Å²) >= 11 is 0. The molecule has 110 valence electrons. The summed E-state index contributed by atoms with van der Waals surface area (Å²) in [5, 5.41) is 11.3. The lowest BCUT2D eigenvalue weighted by Crippen LogP contribution is -2.25. The molecule has 0 amide bonds. The topological polar surface area (TPSA) is 38.7 Å². The van der Waals surface area contributed by atoms with E-state index >= 15 is 0 Å². The minimum Gasteiger partial charge on any atom is -0.497 e. The molecule has 1 N–H and O–H groups in total. The van der Waals surface area contributed by atoms with E-state index < -0.39 is 5.60 Å². The third-order valence-electron chi connectivity index (χ3n) is 4.32. The van der Waals surface area contributed by atoms with Crippen LogP contribution in [0.25, 0.3) is 0 Å². The van der Waals surface area contributed by atoms with Gasteiger partial charge in [-0.25, -0.2) is 0 Å². The summed E-state index contributed by atoms with van der Waals surface area (Å²) in [6.07, 6.45) is 1.53. The lowest BCUT2D eigenvalue weighted by Gasteiger charge is -2.27. The fraction of sp³-hybridized carbons (Fsp3) is 0.333. The van der Waals surface area contributed by atoms with Crippen molar-refractivity contribution in [2.45, 2.75) is 25.4 Å². The zero-order chi connectivity index (χ0) is 15.0. The number of ether oxygens (including phenoxy) is 2. The first-order valence-corrected chi connectivity index (χ1v) is 7.13. The van der Waals surface area contributed by atoms with Gasteiger partial charge in [-0.1, -0.05) is 23.8 Å². The van der Waals surface area contributed by atoms with Gasteiger partial charge in [0.15, 0.2) is 0 Å². The van der Waals surface area contributed by atoms with Gasteiger partial charge in [0.05, 0.1) is 14.2 Å². The number of aryl methyl sites for hydroxylation is 2. The Morgan fingerprint density at radius 2 is 1.81 bits per heavy atom. The van der Waals surface area contributed by atoms with Crippen molar-refractivity contribution in [1.29, 1.82) is 0 Å². The summed E-state index contributed by atoms with van der Waals surface area (Å²) < 4.78 is 10.8. The summed E-state index contributed by atoms with van der Waals surface area (Å²) in [7, 11) is 3.25. The molecule has 1 unspecified atom stereocenters. The second-order valence-corrected chi connectivity index (χ2v) is 5.59. The van der Waals surface area contributed by atoms with Crippen LogP contribution < -0.4 is 9.47 Å². The molecule has 0 aliphatic heterocycles. The third-order valence-corrected chi connectivity index (χ3v) is 4.32. The lowest BCUT2D eigenvalue weighted by molar-refractivity contribution is 0.0796. The molecule has 0 saturated heterocycles. The molecule has 0 saturated carbocycles. The molecule has 2 aromatic carbocycles. The van der Waals surface area contributed by atoms with Crippen molar-refractivity contribution in [2.24, 2.45) is 0 Å². The molecule has 3 nitrogen and oxygen atoms in total. The maximum Gasteiger partial charge on any atom is 0.125 e. The van der Waals surface area contributed by atoms with Crippen LogP contribution in [0.5, 0.6) is 11.5 Å². The van der Waals surface area contributed by atoms with Crippen LogP contribution in [0.15, 0.2) is 36.4 Å². The van der Waals surface area contributed by atoms with Gasteiger partial charge in [0, 0.05) is 5.56 Å². The second-order valence-electron chi connectivity index (χ2n) is 5.59. The number of hydrogen-bond donors (Lipinski definition) is 1. The highest BCUT2D eigenvalue weighted by Crippen LogP contribution is 2.46. The van der Waals surface area contributed by atoms with Gasteiger partial charge in [-0.3, -0.25) is 0 Å². The zero-order valence-electron chi connectivity index (χ0n) is 12.6. The van der Waals surface area contributed by atoms with E-state index in [0.717, 1.165) is 28.9 Å². The van der Waals surface area contributed by atoms with E-state index in [9.17, 15) is 5.11 Å². The smallest absolute Gasteiger partial charge is 0.125 e. The Hall–Kier alpha value is -2.00. The first-order valence-electron chi connectivity index (χ1n) is 7.13. The SMILES string of the molecule is COc1ccc(OC)c(C2(O)CCc3ccc(C)cc32)c1. The summed E-state index contributed by atoms with van der Waals surface area (Å²) in [5.74, 6) is 1.41. The predicted octanol–water partition coefficient (Wildman–Crippen LogP) is 3.19. The molecule has 0 radical (unpaired) electrons. The van der Waals surface area contributed by atoms with Crippen molar-refractivity contribution >= 4 is 0 Å². The van der Waals surface area contributed by atoms with E-state index in [1.807, 2.05) is 25.1 Å². The number of rotatable bonds is 3. The average molecular weight is 284 g/mol. The standard InChI is InChI=1S/C18H20O3/c1-12-4-5-13-8-9-18(19,15(13)10-12)16-11-14(20-2)6-7-17(16)21-3/h4-7,10-11,19H,8-9H2,1-3H3. The van der Waals surface area contributed by atoms with Gasteiger partial charge in [-0.2, -0.15) is 0 Å². The molecular weight excluding hydrogens is 264 g/mol. The first-order chi connectivity index (χ1) is 10.1. The van der Waals surface area contributed by atoms with E-state index in [1.165, 1.54) is 5.56 Å². The van der Waals surface area contributed by atoms with Gasteiger partial charge in [0.1, 0.15) is 17.1 Å². The minimum atomic E-state index is -1.01. The molecule has 1 atom stereocenters. The number of methoxy groups -OCH3 is 2. The van der Waals surface area contributed by atoms with Gasteiger partial charge in [-0.15, -0.1) is 0 Å². The molecule has 0 heterocycles. The zero-order valence-corrected chi connectivity index (χ0v) is 12.6. The third kappa shape index (κ3) is 2.18. The Labute approximate surface area is 125 Å². The Morgan fingerprint density at radius 3 is 2.52 bits per heavy atom. The van der Waals surface area contributed by atoms with E-state index in [4.69, 9.17) is 9.47 Å². The van der Waals surface area contributed by atoms with Crippen LogP contribution in [0.1, 0.15) is 28.7 Å². The van der Waals surface area contributed by atoms with Crippen molar-refractivity contribution in [3.05, 3.63) is 58.7 Å². The Kier molecular flexibility index (Phi) is 3.38. The van der Waals surface area contributed by atoms with Crippen molar-refractivity contribution in [2.75, 3.05) is 14.2 Å². The minimum absolute atomic E-state index is 0.662. The molecule has 2 aromatic rings. The van der Waals surface area contributed by atoms with Gasteiger partial charge in [-0.05, 0) is 49.1 Å². The fourth-order valence-electron chi connectivity index (χ4n) is 3.16. The number of fused-ring (bicyclic) bond motifs is 1. The van der Waals surface area contributed by atoms with Gasteiger partial charge in [0.2, 0.25) is 0 Å². The number of hydrogen-bond acceptors (Lipinski definition) is 3. The highest BCUT2D eigenvalue weighted by atomic mass is 16.5. The van der Waals surface area contributed by atoms with Crippen molar-refractivity contribution in [1.82, 2.24) is 0 Å². The largest absolute Gasteiger partial charge is 0.497 e. The second kappa shape index (κ2) is 5.08. The van der Waals surface area contributed by atoms with Crippen LogP contribution in [-0.4, -0.2) is 19.3 Å². The molecule has 0 aromatic heterocycles. The average Bonchev–Trinajstić information content (AvgIpc) is 2.84. The van der Waals surface area contributed by atoms with Crippen LogP contribution in [0, 0.1) is 6.92 Å². The Balaban J connectivity index is 2.19. The number of aliphatic hydroxyl groups is 1. The van der Waals surface area contributed by atoms with Crippen molar-refractivity contribution in [3.8, 4) is 11.5 Å². The molecule has 3 heteroatoms. The first kappa shape index (κ1) is 14.0. The van der Waals surface area contributed by atoms with Gasteiger partial charge >= 0.3 is 0 Å². The molecule has 0 bridgehead atoms. The van der Waals surface area contributed by atoms with E-state index in [2.05, 4.69) is 18.2 Å². The normalized spacial score (nSPS) is 20.2. The van der Waals surface area contributed by atoms with E-state index in [0.29, 0.717) is 12.2 Å². The molecular formula is C18H20O3. The molecule has 3 rings (SSSR count). The molecule has 0 spiro atoms. The van der Waals surface area contributed by atoms with Crippen LogP contribution in [0.3, 0.4) is 0 Å². The molecule has 21 heavy (non-hydrogen) atoms. The Morgan fingerprint density at radius 1 is 1.00 bits per heavy atom. The van der Waals surface area contributed by atoms with Crippen molar-refractivity contribution < 1.29 is 14.6 Å². The van der Waals surface area contributed by atoms with Gasteiger partial charge < -0.3 is 14.6 Å². The maximum atomic E-state index is 11.3. The van der Waals surface area contributed by atoms with Crippen LogP contribution in [0.4, 0.5) is 0 Å². The predicted molar refractivity (Wildman–Crippen MR) is 82.0 cm³/mol. The highest BCUT2D eigenvalue weighted by Gasteiger charge is 2.40.